The summed E-state index contributed by atoms with van der Waals surface area (Å²) in [5.74, 6) is -0.521. The number of methoxy groups -OCH3 is 1. The maximum absolute atomic E-state index is 12.3. The Hall–Kier alpha value is -3.08. The number of aromatic nitrogens is 1. The minimum Gasteiger partial charge on any atom is -0.465 e. The van der Waals surface area contributed by atoms with Gasteiger partial charge in [0, 0.05) is 16.9 Å². The van der Waals surface area contributed by atoms with Crippen LogP contribution in [0.2, 0.25) is 0 Å². The van der Waals surface area contributed by atoms with Gasteiger partial charge >= 0.3 is 5.97 Å². The van der Waals surface area contributed by atoms with Gasteiger partial charge < -0.3 is 14.6 Å². The number of esters is 1. The monoisotopic (exact) mass is 322 g/mol. The molecule has 0 unspecified atom stereocenters. The van der Waals surface area contributed by atoms with Gasteiger partial charge in [-0.3, -0.25) is 4.79 Å². The zero-order valence-electron chi connectivity index (χ0n) is 13.6. The zero-order valence-corrected chi connectivity index (χ0v) is 13.6. The van der Waals surface area contributed by atoms with Crippen LogP contribution < -0.4 is 5.32 Å². The molecule has 0 spiro atoms. The maximum atomic E-state index is 12.3. The standard InChI is InChI=1S/C19H18N2O3/c1-13-11-15-5-3-4-6-17(15)21(13)12-18(22)20-16-9-7-14(8-10-16)19(23)24-2/h3-11H,12H2,1-2H3,(H,20,22). The van der Waals surface area contributed by atoms with Crippen LogP contribution in [-0.4, -0.2) is 23.6 Å². The van der Waals surface area contributed by atoms with E-state index < -0.39 is 5.97 Å². The Labute approximate surface area is 139 Å². The first-order chi connectivity index (χ1) is 11.6. The summed E-state index contributed by atoms with van der Waals surface area (Å²) in [5, 5.41) is 3.96. The van der Waals surface area contributed by atoms with Crippen molar-refractivity contribution in [2.24, 2.45) is 0 Å². The van der Waals surface area contributed by atoms with Crippen molar-refractivity contribution in [1.82, 2.24) is 4.57 Å². The fourth-order valence-corrected chi connectivity index (χ4v) is 2.71. The summed E-state index contributed by atoms with van der Waals surface area (Å²) in [6, 6.07) is 16.7. The maximum Gasteiger partial charge on any atom is 0.337 e. The molecular weight excluding hydrogens is 304 g/mol. The van der Waals surface area contributed by atoms with E-state index in [9.17, 15) is 9.59 Å². The fraction of sp³-hybridized carbons (Fsp3) is 0.158. The molecule has 0 radical (unpaired) electrons. The number of rotatable bonds is 4. The van der Waals surface area contributed by atoms with Gasteiger partial charge in [-0.05, 0) is 48.7 Å². The Morgan fingerprint density at radius 3 is 2.50 bits per heavy atom. The van der Waals surface area contributed by atoms with Crippen LogP contribution in [-0.2, 0) is 16.1 Å². The number of amides is 1. The number of hydrogen-bond donors (Lipinski definition) is 1. The van der Waals surface area contributed by atoms with Crippen molar-refractivity contribution in [2.45, 2.75) is 13.5 Å². The lowest BCUT2D eigenvalue weighted by molar-refractivity contribution is -0.116. The highest BCUT2D eigenvalue weighted by Crippen LogP contribution is 2.19. The molecule has 0 bridgehead atoms. The molecule has 0 aliphatic rings. The number of fused-ring (bicyclic) bond motifs is 1. The number of nitrogens with zero attached hydrogens (tertiary/aromatic N) is 1. The second kappa shape index (κ2) is 6.58. The molecule has 0 atom stereocenters. The van der Waals surface area contributed by atoms with Crippen LogP contribution in [0.1, 0.15) is 16.1 Å². The van der Waals surface area contributed by atoms with Gasteiger partial charge in [0.1, 0.15) is 6.54 Å². The minimum absolute atomic E-state index is 0.120. The molecule has 5 heteroatoms. The van der Waals surface area contributed by atoms with Gasteiger partial charge in [0.05, 0.1) is 12.7 Å². The topological polar surface area (TPSA) is 60.3 Å². The first-order valence-corrected chi connectivity index (χ1v) is 7.61. The van der Waals surface area contributed by atoms with Gasteiger partial charge in [0.25, 0.3) is 0 Å². The van der Waals surface area contributed by atoms with Gasteiger partial charge in [-0.2, -0.15) is 0 Å². The van der Waals surface area contributed by atoms with E-state index in [1.807, 2.05) is 35.8 Å². The molecule has 0 aliphatic heterocycles. The van der Waals surface area contributed by atoms with Crippen LogP contribution in [0.15, 0.2) is 54.6 Å². The van der Waals surface area contributed by atoms with Crippen LogP contribution in [0.4, 0.5) is 5.69 Å². The number of ether oxygens (including phenoxy) is 1. The van der Waals surface area contributed by atoms with E-state index in [0.717, 1.165) is 16.6 Å². The molecule has 0 saturated carbocycles. The van der Waals surface area contributed by atoms with Crippen LogP contribution in [0, 0.1) is 6.92 Å². The lowest BCUT2D eigenvalue weighted by Gasteiger charge is -2.10. The SMILES string of the molecule is COC(=O)c1ccc(NC(=O)Cn2c(C)cc3ccccc32)cc1. The van der Waals surface area contributed by atoms with E-state index >= 15 is 0 Å². The number of nitrogens with one attached hydrogen (secondary N) is 1. The largest absolute Gasteiger partial charge is 0.465 e. The molecule has 0 fully saturated rings. The smallest absolute Gasteiger partial charge is 0.337 e. The predicted octanol–water partition coefficient (Wildman–Crippen LogP) is 3.38. The molecule has 0 saturated heterocycles. The number of para-hydroxylation sites is 1. The summed E-state index contributed by atoms with van der Waals surface area (Å²) in [6.07, 6.45) is 0. The summed E-state index contributed by atoms with van der Waals surface area (Å²) < 4.78 is 6.63. The van der Waals surface area contributed by atoms with Gasteiger partial charge in [-0.25, -0.2) is 4.79 Å². The Balaban J connectivity index is 1.73. The van der Waals surface area contributed by atoms with E-state index in [1.54, 1.807) is 24.3 Å². The Morgan fingerprint density at radius 1 is 1.08 bits per heavy atom. The number of carbonyl (C=O) groups is 2. The number of carbonyl (C=O) groups excluding carboxylic acids is 2. The Morgan fingerprint density at radius 2 is 1.79 bits per heavy atom. The van der Waals surface area contributed by atoms with Gasteiger partial charge in [0.15, 0.2) is 0 Å². The summed E-state index contributed by atoms with van der Waals surface area (Å²) in [5.41, 5.74) is 3.16. The van der Waals surface area contributed by atoms with Crippen molar-refractivity contribution in [3.63, 3.8) is 0 Å². The lowest BCUT2D eigenvalue weighted by atomic mass is 10.2. The number of aryl methyl sites for hydroxylation is 1. The molecule has 24 heavy (non-hydrogen) atoms. The average molecular weight is 322 g/mol. The number of benzene rings is 2. The minimum atomic E-state index is -0.401. The fourth-order valence-electron chi connectivity index (χ4n) is 2.71. The quantitative estimate of drug-likeness (QED) is 0.749. The molecule has 3 aromatic rings. The third-order valence-corrected chi connectivity index (χ3v) is 3.91. The molecule has 0 aliphatic carbocycles. The van der Waals surface area contributed by atoms with E-state index in [0.29, 0.717) is 11.3 Å². The van der Waals surface area contributed by atoms with Gasteiger partial charge in [-0.15, -0.1) is 0 Å². The molecule has 5 nitrogen and oxygen atoms in total. The van der Waals surface area contributed by atoms with Crippen molar-refractivity contribution in [3.05, 3.63) is 65.9 Å². The highest BCUT2D eigenvalue weighted by molar-refractivity contribution is 5.94. The van der Waals surface area contributed by atoms with Gasteiger partial charge in [-0.1, -0.05) is 18.2 Å². The summed E-state index contributed by atoms with van der Waals surface area (Å²) >= 11 is 0. The molecule has 122 valence electrons. The van der Waals surface area contributed by atoms with Crippen LogP contribution >= 0.6 is 0 Å². The first-order valence-electron chi connectivity index (χ1n) is 7.61. The second-order valence-electron chi connectivity index (χ2n) is 5.55. The third-order valence-electron chi connectivity index (χ3n) is 3.91. The normalized spacial score (nSPS) is 10.6. The molecule has 1 N–H and O–H groups in total. The summed E-state index contributed by atoms with van der Waals surface area (Å²) in [4.78, 5) is 23.7. The summed E-state index contributed by atoms with van der Waals surface area (Å²) in [7, 11) is 1.34. The molecular formula is C19H18N2O3. The number of hydrogen-bond acceptors (Lipinski definition) is 3. The van der Waals surface area contributed by atoms with E-state index in [-0.39, 0.29) is 12.5 Å². The van der Waals surface area contributed by atoms with Gasteiger partial charge in [0.2, 0.25) is 5.91 Å². The van der Waals surface area contributed by atoms with Crippen LogP contribution in [0.3, 0.4) is 0 Å². The van der Waals surface area contributed by atoms with Crippen LogP contribution in [0.25, 0.3) is 10.9 Å². The van der Waals surface area contributed by atoms with Crippen molar-refractivity contribution >= 4 is 28.5 Å². The first kappa shape index (κ1) is 15.8. The number of anilines is 1. The van der Waals surface area contributed by atoms with Crippen LogP contribution in [0.5, 0.6) is 0 Å². The van der Waals surface area contributed by atoms with Crippen molar-refractivity contribution in [2.75, 3.05) is 12.4 Å². The second-order valence-corrected chi connectivity index (χ2v) is 5.55. The molecule has 1 amide bonds. The zero-order chi connectivity index (χ0) is 17.1. The highest BCUT2D eigenvalue weighted by Gasteiger charge is 2.10. The van der Waals surface area contributed by atoms with E-state index in [2.05, 4.69) is 16.1 Å². The van der Waals surface area contributed by atoms with Crippen molar-refractivity contribution < 1.29 is 14.3 Å². The van der Waals surface area contributed by atoms with Crippen molar-refractivity contribution in [3.8, 4) is 0 Å². The molecule has 2 aromatic carbocycles. The Bertz CT molecular complexity index is 895. The van der Waals surface area contributed by atoms with E-state index in [4.69, 9.17) is 0 Å². The third kappa shape index (κ3) is 3.15. The van der Waals surface area contributed by atoms with Crippen molar-refractivity contribution in [1.29, 1.82) is 0 Å². The molecule has 3 rings (SSSR count). The molecule has 1 heterocycles. The lowest BCUT2D eigenvalue weighted by Crippen LogP contribution is -2.19. The molecule has 1 aromatic heterocycles. The average Bonchev–Trinajstić information content (AvgIpc) is 2.90. The summed E-state index contributed by atoms with van der Waals surface area (Å²) in [6.45, 7) is 2.22. The van der Waals surface area contributed by atoms with E-state index in [1.165, 1.54) is 7.11 Å². The predicted molar refractivity (Wildman–Crippen MR) is 93.1 cm³/mol. The Kier molecular flexibility index (Phi) is 4.33. The highest BCUT2D eigenvalue weighted by atomic mass is 16.5.